The third kappa shape index (κ3) is 6.23. The van der Waals surface area contributed by atoms with Crippen molar-refractivity contribution in [3.63, 3.8) is 0 Å². The topological polar surface area (TPSA) is 44.8 Å². The second-order valence-electron chi connectivity index (χ2n) is 13.8. The Labute approximate surface area is 206 Å². The van der Waals surface area contributed by atoms with Crippen molar-refractivity contribution in [2.24, 2.45) is 17.3 Å². The number of fused-ring (bicyclic) bond motifs is 1. The van der Waals surface area contributed by atoms with Crippen LogP contribution in [0.5, 0.6) is 0 Å². The Balaban J connectivity index is 2.28. The highest BCUT2D eigenvalue weighted by Gasteiger charge is 2.52. The molecule has 0 amide bonds. The van der Waals surface area contributed by atoms with E-state index in [4.69, 9.17) is 13.6 Å². The van der Waals surface area contributed by atoms with Crippen molar-refractivity contribution in [1.29, 1.82) is 0 Å². The minimum Gasteiger partial charge on any atom is -0.469 e. The maximum Gasteiger partial charge on any atom is 0.306 e. The number of carbonyl (C=O) groups is 1. The molecule has 192 valence electrons. The van der Waals surface area contributed by atoms with Gasteiger partial charge in [-0.1, -0.05) is 66.5 Å². The minimum atomic E-state index is -1.91. The van der Waals surface area contributed by atoms with Gasteiger partial charge in [-0.2, -0.15) is 0 Å². The number of methoxy groups -OCH3 is 1. The Bertz CT molecular complexity index is 729. The largest absolute Gasteiger partial charge is 0.469 e. The molecule has 0 aromatic carbocycles. The van der Waals surface area contributed by atoms with Crippen LogP contribution in [0, 0.1) is 17.3 Å². The number of hydrogen-bond acceptors (Lipinski definition) is 4. The number of rotatable bonds is 8. The van der Waals surface area contributed by atoms with Crippen LogP contribution >= 0.6 is 0 Å². The molecule has 0 aromatic heterocycles. The van der Waals surface area contributed by atoms with E-state index in [0.29, 0.717) is 25.0 Å². The average Bonchev–Trinajstić information content (AvgIpc) is 3.00. The van der Waals surface area contributed by atoms with Gasteiger partial charge >= 0.3 is 5.97 Å². The Kier molecular flexibility index (Phi) is 8.64. The van der Waals surface area contributed by atoms with Crippen LogP contribution in [0.2, 0.25) is 36.3 Å². The minimum absolute atomic E-state index is 0.0702. The zero-order valence-electron chi connectivity index (χ0n) is 23.7. The van der Waals surface area contributed by atoms with Crippen molar-refractivity contribution in [2.75, 3.05) is 13.7 Å². The number of esters is 1. The van der Waals surface area contributed by atoms with Gasteiger partial charge in [-0.05, 0) is 66.9 Å². The van der Waals surface area contributed by atoms with E-state index < -0.39 is 16.6 Å². The Morgan fingerprint density at radius 3 is 2.18 bits per heavy atom. The first-order valence-corrected chi connectivity index (χ1v) is 18.8. The van der Waals surface area contributed by atoms with E-state index in [1.807, 2.05) is 0 Å². The predicted molar refractivity (Wildman–Crippen MR) is 143 cm³/mol. The highest BCUT2D eigenvalue weighted by Crippen LogP contribution is 2.57. The summed E-state index contributed by atoms with van der Waals surface area (Å²) in [5, 5.41) is 0.354. The van der Waals surface area contributed by atoms with Crippen molar-refractivity contribution in [1.82, 2.24) is 0 Å². The summed E-state index contributed by atoms with van der Waals surface area (Å²) >= 11 is 0. The molecule has 6 heteroatoms. The molecule has 0 heterocycles. The molecule has 0 aliphatic heterocycles. The first-order valence-electron chi connectivity index (χ1n) is 12.9. The molecule has 2 rings (SSSR count). The molecule has 0 spiro atoms. The van der Waals surface area contributed by atoms with Crippen LogP contribution in [0.4, 0.5) is 0 Å². The van der Waals surface area contributed by atoms with Gasteiger partial charge in [0.05, 0.1) is 13.5 Å². The van der Waals surface area contributed by atoms with Crippen molar-refractivity contribution in [3.8, 4) is 0 Å². The van der Waals surface area contributed by atoms with Crippen LogP contribution in [0.25, 0.3) is 0 Å². The van der Waals surface area contributed by atoms with E-state index in [1.54, 1.807) is 0 Å². The molecule has 0 N–H and O–H groups in total. The molecule has 2 aliphatic rings. The summed E-state index contributed by atoms with van der Waals surface area (Å²) in [6.07, 6.45) is 7.67. The van der Waals surface area contributed by atoms with E-state index in [-0.39, 0.29) is 27.4 Å². The fraction of sp³-hybridized carbons (Fsp3) is 0.889. The molecule has 0 bridgehead atoms. The molecule has 1 unspecified atom stereocenters. The average molecular weight is 497 g/mol. The van der Waals surface area contributed by atoms with Crippen molar-refractivity contribution in [3.05, 3.63) is 11.6 Å². The van der Waals surface area contributed by atoms with E-state index in [9.17, 15) is 4.79 Å². The van der Waals surface area contributed by atoms with Crippen molar-refractivity contribution in [2.45, 2.75) is 123 Å². The van der Waals surface area contributed by atoms with Crippen LogP contribution in [0.15, 0.2) is 11.6 Å². The molecule has 1 saturated carbocycles. The molecular weight excluding hydrogens is 444 g/mol. The van der Waals surface area contributed by atoms with Crippen LogP contribution in [-0.2, 0) is 18.4 Å². The highest BCUT2D eigenvalue weighted by atomic mass is 28.4. The quantitative estimate of drug-likeness (QED) is 0.196. The fourth-order valence-electron chi connectivity index (χ4n) is 5.12. The first kappa shape index (κ1) is 28.8. The lowest BCUT2D eigenvalue weighted by molar-refractivity contribution is -0.141. The summed E-state index contributed by atoms with van der Waals surface area (Å²) in [4.78, 5) is 12.4. The highest BCUT2D eigenvalue weighted by molar-refractivity contribution is 6.74. The normalized spacial score (nSPS) is 27.7. The summed E-state index contributed by atoms with van der Waals surface area (Å²) in [7, 11) is -2.26. The SMILES string of the molecule is COC(=O)C[C@H](CO[Si](C)(C)C(C)(C)C)C1=CCC2[C@@H](O[Si](C)(C)C(C)(C)C)CCC[C@]12C. The number of carbonyl (C=O) groups excluding carboxylic acids is 1. The lowest BCUT2D eigenvalue weighted by Crippen LogP contribution is -2.50. The third-order valence-corrected chi connectivity index (χ3v) is 18.5. The standard InChI is InChI=1S/C27H52O4Si2/c1-25(2,3)32(9,10)30-19-20(18-24(28)29-8)21-15-16-22-23(14-13-17-27(21,22)7)31-33(11,12)26(4,5)6/h15,20,22-23H,13-14,16-19H2,1-12H3/t20-,22?,23+,27-/m1/s1. The Morgan fingerprint density at radius 2 is 1.67 bits per heavy atom. The van der Waals surface area contributed by atoms with E-state index in [2.05, 4.69) is 80.7 Å². The number of allylic oxidation sites excluding steroid dienone is 1. The number of ether oxygens (including phenoxy) is 1. The van der Waals surface area contributed by atoms with Gasteiger partial charge in [0.1, 0.15) is 0 Å². The summed E-state index contributed by atoms with van der Waals surface area (Å²) in [5.41, 5.74) is 1.49. The van der Waals surface area contributed by atoms with Gasteiger partial charge in [0.25, 0.3) is 0 Å². The monoisotopic (exact) mass is 496 g/mol. The van der Waals surface area contributed by atoms with Crippen LogP contribution in [0.1, 0.15) is 80.6 Å². The van der Waals surface area contributed by atoms with E-state index in [1.165, 1.54) is 25.5 Å². The zero-order chi connectivity index (χ0) is 25.5. The van der Waals surface area contributed by atoms with Gasteiger partial charge in [-0.25, -0.2) is 0 Å². The van der Waals surface area contributed by atoms with Gasteiger partial charge in [0.15, 0.2) is 16.6 Å². The summed E-state index contributed by atoms with van der Waals surface area (Å²) in [6, 6.07) is 0. The predicted octanol–water partition coefficient (Wildman–Crippen LogP) is 7.71. The maximum atomic E-state index is 12.4. The van der Waals surface area contributed by atoms with Crippen LogP contribution < -0.4 is 0 Å². The van der Waals surface area contributed by atoms with E-state index >= 15 is 0 Å². The second kappa shape index (κ2) is 9.90. The summed E-state index contributed by atoms with van der Waals surface area (Å²) in [5.74, 6) is 0.424. The zero-order valence-corrected chi connectivity index (χ0v) is 25.7. The molecule has 0 radical (unpaired) electrons. The van der Waals surface area contributed by atoms with Gasteiger partial charge in [0.2, 0.25) is 0 Å². The van der Waals surface area contributed by atoms with E-state index in [0.717, 1.165) is 12.8 Å². The molecule has 33 heavy (non-hydrogen) atoms. The maximum absolute atomic E-state index is 12.4. The van der Waals surface area contributed by atoms with Crippen molar-refractivity contribution < 1.29 is 18.4 Å². The molecule has 0 aromatic rings. The first-order chi connectivity index (χ1) is 14.9. The molecule has 2 aliphatic carbocycles. The van der Waals surface area contributed by atoms with Gasteiger partial charge in [0, 0.05) is 18.6 Å². The van der Waals surface area contributed by atoms with Crippen LogP contribution in [-0.4, -0.2) is 42.4 Å². The second-order valence-corrected chi connectivity index (χ2v) is 23.3. The molecule has 1 fully saturated rings. The van der Waals surface area contributed by atoms with Gasteiger partial charge in [-0.3, -0.25) is 4.79 Å². The third-order valence-electron chi connectivity index (χ3n) is 9.49. The molecule has 4 nitrogen and oxygen atoms in total. The number of hydrogen-bond donors (Lipinski definition) is 0. The van der Waals surface area contributed by atoms with Crippen molar-refractivity contribution >= 4 is 22.6 Å². The smallest absolute Gasteiger partial charge is 0.306 e. The molecule has 4 atom stereocenters. The fourth-order valence-corrected chi connectivity index (χ4v) is 7.57. The Hall–Kier alpha value is -0.436. The summed E-state index contributed by atoms with van der Waals surface area (Å²) in [6.45, 7) is 26.1. The van der Waals surface area contributed by atoms with Gasteiger partial charge in [-0.15, -0.1) is 0 Å². The van der Waals surface area contributed by atoms with Crippen LogP contribution in [0.3, 0.4) is 0 Å². The summed E-state index contributed by atoms with van der Waals surface area (Å²) < 4.78 is 18.8. The molecular formula is C27H52O4Si2. The van der Waals surface area contributed by atoms with Gasteiger partial charge < -0.3 is 13.6 Å². The Morgan fingerprint density at radius 1 is 1.09 bits per heavy atom. The lowest BCUT2D eigenvalue weighted by Gasteiger charge is -2.49. The molecule has 0 saturated heterocycles. The lowest BCUT2D eigenvalue weighted by atomic mass is 9.63.